The van der Waals surface area contributed by atoms with Gasteiger partial charge in [0.05, 0.1) is 6.61 Å². The zero-order valence-corrected chi connectivity index (χ0v) is 16.6. The normalized spacial score (nSPS) is 11.2. The first kappa shape index (κ1) is 21.9. The van der Waals surface area contributed by atoms with Crippen molar-refractivity contribution in [3.05, 3.63) is 65.7 Å². The van der Waals surface area contributed by atoms with Gasteiger partial charge in [0.2, 0.25) is 6.10 Å². The number of amides is 3. The van der Waals surface area contributed by atoms with Crippen molar-refractivity contribution in [2.75, 3.05) is 13.2 Å². The van der Waals surface area contributed by atoms with Gasteiger partial charge in [-0.25, -0.2) is 4.79 Å². The Morgan fingerprint density at radius 2 is 1.79 bits per heavy atom. The van der Waals surface area contributed by atoms with Crippen LogP contribution in [0.1, 0.15) is 37.0 Å². The summed E-state index contributed by atoms with van der Waals surface area (Å²) in [5, 5.41) is 4.66. The average molecular weight is 398 g/mol. The van der Waals surface area contributed by atoms with Crippen LogP contribution < -0.4 is 15.4 Å². The highest BCUT2D eigenvalue weighted by molar-refractivity contribution is 5.97. The van der Waals surface area contributed by atoms with E-state index in [0.717, 1.165) is 11.3 Å². The third-order valence-electron chi connectivity index (χ3n) is 3.95. The second-order valence-electron chi connectivity index (χ2n) is 6.40. The lowest BCUT2D eigenvalue weighted by Gasteiger charge is -2.17. The van der Waals surface area contributed by atoms with Gasteiger partial charge in [-0.15, -0.1) is 0 Å². The van der Waals surface area contributed by atoms with Gasteiger partial charge < -0.3 is 14.8 Å². The second kappa shape index (κ2) is 11.5. The summed E-state index contributed by atoms with van der Waals surface area (Å²) in [6, 6.07) is 15.6. The Bertz CT molecular complexity index is 823. The number of carbonyl (C=O) groups is 3. The Morgan fingerprint density at radius 1 is 1.03 bits per heavy atom. The topological polar surface area (TPSA) is 93.7 Å². The highest BCUT2D eigenvalue weighted by Crippen LogP contribution is 2.19. The summed E-state index contributed by atoms with van der Waals surface area (Å²) >= 11 is 0. The van der Waals surface area contributed by atoms with Gasteiger partial charge in [0.25, 0.3) is 5.91 Å². The first-order chi connectivity index (χ1) is 14.0. The number of nitrogens with one attached hydrogen (secondary N) is 2. The molecule has 0 fully saturated rings. The van der Waals surface area contributed by atoms with Gasteiger partial charge in [0.15, 0.2) is 0 Å². The summed E-state index contributed by atoms with van der Waals surface area (Å²) in [5.74, 6) is -0.508. The maximum atomic E-state index is 12.4. The Morgan fingerprint density at radius 3 is 2.48 bits per heavy atom. The molecule has 0 unspecified atom stereocenters. The lowest BCUT2D eigenvalue weighted by molar-refractivity contribution is -0.156. The SMILES string of the molecule is CCNC(=O)NC(=O)[C@H](OC(=O)CCCOc1cccc(C)c1)c1ccccc1. The summed E-state index contributed by atoms with van der Waals surface area (Å²) in [4.78, 5) is 36.3. The highest BCUT2D eigenvalue weighted by atomic mass is 16.5. The van der Waals surface area contributed by atoms with Crippen LogP contribution in [0, 0.1) is 6.92 Å². The minimum atomic E-state index is -1.20. The molecule has 7 nitrogen and oxygen atoms in total. The summed E-state index contributed by atoms with van der Waals surface area (Å²) in [6.07, 6.45) is -0.681. The van der Waals surface area contributed by atoms with E-state index in [1.54, 1.807) is 37.3 Å². The van der Waals surface area contributed by atoms with Crippen LogP contribution in [-0.4, -0.2) is 31.1 Å². The Kier molecular flexibility index (Phi) is 8.69. The molecular formula is C22H26N2O5. The van der Waals surface area contributed by atoms with Crippen LogP contribution in [0.2, 0.25) is 0 Å². The summed E-state index contributed by atoms with van der Waals surface area (Å²) in [6.45, 7) is 4.42. The van der Waals surface area contributed by atoms with Crippen LogP contribution in [0.15, 0.2) is 54.6 Å². The molecule has 7 heteroatoms. The Hall–Kier alpha value is -3.35. The molecule has 0 saturated carbocycles. The molecule has 2 aromatic carbocycles. The van der Waals surface area contributed by atoms with Crippen molar-refractivity contribution in [1.29, 1.82) is 0 Å². The van der Waals surface area contributed by atoms with Crippen LogP contribution in [-0.2, 0) is 14.3 Å². The van der Waals surface area contributed by atoms with Crippen LogP contribution in [0.25, 0.3) is 0 Å². The largest absolute Gasteiger partial charge is 0.494 e. The van der Waals surface area contributed by atoms with E-state index in [1.165, 1.54) is 0 Å². The third-order valence-corrected chi connectivity index (χ3v) is 3.95. The van der Waals surface area contributed by atoms with E-state index >= 15 is 0 Å². The van der Waals surface area contributed by atoms with Crippen molar-refractivity contribution in [1.82, 2.24) is 10.6 Å². The molecule has 0 bridgehead atoms. The van der Waals surface area contributed by atoms with Gasteiger partial charge in [-0.2, -0.15) is 0 Å². The van der Waals surface area contributed by atoms with Gasteiger partial charge in [-0.05, 0) is 38.0 Å². The molecule has 0 saturated heterocycles. The van der Waals surface area contributed by atoms with E-state index in [-0.39, 0.29) is 6.42 Å². The molecule has 2 aromatic rings. The van der Waals surface area contributed by atoms with Crippen molar-refractivity contribution in [2.45, 2.75) is 32.8 Å². The molecular weight excluding hydrogens is 372 g/mol. The van der Waals surface area contributed by atoms with Gasteiger partial charge >= 0.3 is 12.0 Å². The number of aryl methyl sites for hydroxylation is 1. The van der Waals surface area contributed by atoms with Crippen molar-refractivity contribution in [3.8, 4) is 5.75 Å². The quantitative estimate of drug-likeness (QED) is 0.499. The van der Waals surface area contributed by atoms with Crippen LogP contribution in [0.4, 0.5) is 4.79 Å². The zero-order chi connectivity index (χ0) is 21.1. The summed E-state index contributed by atoms with van der Waals surface area (Å²) in [5.41, 5.74) is 1.57. The number of hydrogen-bond donors (Lipinski definition) is 2. The fourth-order valence-corrected chi connectivity index (χ4v) is 2.58. The predicted octanol–water partition coefficient (Wildman–Crippen LogP) is 3.28. The number of imide groups is 1. The molecule has 0 aliphatic rings. The molecule has 0 aliphatic carbocycles. The number of carbonyl (C=O) groups excluding carboxylic acids is 3. The fourth-order valence-electron chi connectivity index (χ4n) is 2.58. The first-order valence-corrected chi connectivity index (χ1v) is 9.52. The number of benzene rings is 2. The van der Waals surface area contributed by atoms with Crippen molar-refractivity contribution in [3.63, 3.8) is 0 Å². The number of hydrogen-bond acceptors (Lipinski definition) is 5. The molecule has 1 atom stereocenters. The van der Waals surface area contributed by atoms with Crippen molar-refractivity contribution >= 4 is 17.9 Å². The molecule has 3 amide bonds. The number of esters is 1. The van der Waals surface area contributed by atoms with E-state index in [9.17, 15) is 14.4 Å². The number of urea groups is 1. The van der Waals surface area contributed by atoms with E-state index < -0.39 is 24.0 Å². The smallest absolute Gasteiger partial charge is 0.321 e. The van der Waals surface area contributed by atoms with E-state index in [4.69, 9.17) is 9.47 Å². The lowest BCUT2D eigenvalue weighted by atomic mass is 10.1. The predicted molar refractivity (Wildman–Crippen MR) is 108 cm³/mol. The van der Waals surface area contributed by atoms with E-state index in [1.807, 2.05) is 31.2 Å². The molecule has 0 spiro atoms. The Labute approximate surface area is 170 Å². The second-order valence-corrected chi connectivity index (χ2v) is 6.40. The monoisotopic (exact) mass is 398 g/mol. The van der Waals surface area contributed by atoms with Crippen molar-refractivity contribution < 1.29 is 23.9 Å². The molecule has 154 valence electrons. The van der Waals surface area contributed by atoms with Gasteiger partial charge in [0.1, 0.15) is 5.75 Å². The molecule has 29 heavy (non-hydrogen) atoms. The number of rotatable bonds is 9. The first-order valence-electron chi connectivity index (χ1n) is 9.52. The van der Waals surface area contributed by atoms with Gasteiger partial charge in [0, 0.05) is 18.5 Å². The lowest BCUT2D eigenvalue weighted by Crippen LogP contribution is -2.42. The maximum Gasteiger partial charge on any atom is 0.321 e. The standard InChI is InChI=1S/C22H26N2O5/c1-3-23-22(27)24-21(26)20(17-10-5-4-6-11-17)29-19(25)13-8-14-28-18-12-7-9-16(2)15-18/h4-7,9-12,15,20H,3,8,13-14H2,1-2H3,(H2,23,24,26,27)/t20-/m1/s1. The van der Waals surface area contributed by atoms with E-state index in [2.05, 4.69) is 10.6 Å². The summed E-state index contributed by atoms with van der Waals surface area (Å²) in [7, 11) is 0. The molecule has 0 radical (unpaired) electrons. The average Bonchev–Trinajstić information content (AvgIpc) is 2.70. The summed E-state index contributed by atoms with van der Waals surface area (Å²) < 4.78 is 11.0. The molecule has 2 rings (SSSR count). The van der Waals surface area contributed by atoms with Gasteiger partial charge in [-0.1, -0.05) is 42.5 Å². The number of ether oxygens (including phenoxy) is 2. The minimum Gasteiger partial charge on any atom is -0.494 e. The fraction of sp³-hybridized carbons (Fsp3) is 0.318. The van der Waals surface area contributed by atoms with Crippen molar-refractivity contribution in [2.24, 2.45) is 0 Å². The Balaban J connectivity index is 1.89. The van der Waals surface area contributed by atoms with Crippen LogP contribution in [0.3, 0.4) is 0 Å². The van der Waals surface area contributed by atoms with Crippen LogP contribution >= 0.6 is 0 Å². The molecule has 0 heterocycles. The highest BCUT2D eigenvalue weighted by Gasteiger charge is 2.26. The third kappa shape index (κ3) is 7.65. The van der Waals surface area contributed by atoms with Gasteiger partial charge in [-0.3, -0.25) is 14.9 Å². The molecule has 0 aromatic heterocycles. The zero-order valence-electron chi connectivity index (χ0n) is 16.6. The minimum absolute atomic E-state index is 0.0869. The van der Waals surface area contributed by atoms with Crippen LogP contribution in [0.5, 0.6) is 5.75 Å². The van der Waals surface area contributed by atoms with E-state index in [0.29, 0.717) is 25.1 Å². The molecule has 0 aliphatic heterocycles. The molecule has 2 N–H and O–H groups in total. The maximum absolute atomic E-state index is 12.4.